The van der Waals surface area contributed by atoms with Gasteiger partial charge in [0.15, 0.2) is 6.23 Å². The second-order valence-corrected chi connectivity index (χ2v) is 4.94. The molecule has 136 valence electrons. The lowest BCUT2D eigenvalue weighted by Gasteiger charge is -2.13. The van der Waals surface area contributed by atoms with E-state index in [9.17, 15) is 24.6 Å². The first-order valence-corrected chi connectivity index (χ1v) is 6.95. The molecule has 0 aliphatic carbocycles. The van der Waals surface area contributed by atoms with E-state index >= 15 is 0 Å². The SMILES string of the molecule is NC(=O)c1ncn([C@@H]2O[C@H](CO)[C@@H](O)[C@H]2O)n1.O=c1cc[nH]c(=O)[nH]1. The zero-order chi connectivity index (χ0) is 18.6. The number of aromatic nitrogens is 5. The molecular formula is C12H16N6O7. The van der Waals surface area contributed by atoms with Gasteiger partial charge in [-0.15, -0.1) is 5.10 Å². The fourth-order valence-electron chi connectivity index (χ4n) is 1.99. The van der Waals surface area contributed by atoms with E-state index in [1.165, 1.54) is 12.3 Å². The Bertz CT molecular complexity index is 804. The molecule has 0 spiro atoms. The van der Waals surface area contributed by atoms with Crippen molar-refractivity contribution in [2.45, 2.75) is 24.5 Å². The minimum atomic E-state index is -1.27. The first kappa shape index (κ1) is 18.5. The zero-order valence-corrected chi connectivity index (χ0v) is 12.6. The Morgan fingerprint density at radius 3 is 2.52 bits per heavy atom. The average molecular weight is 356 g/mol. The molecule has 1 aliphatic rings. The van der Waals surface area contributed by atoms with E-state index in [0.717, 1.165) is 11.0 Å². The summed E-state index contributed by atoms with van der Waals surface area (Å²) in [4.78, 5) is 39.1. The molecule has 2 aromatic heterocycles. The third-order valence-electron chi connectivity index (χ3n) is 3.19. The summed E-state index contributed by atoms with van der Waals surface area (Å²) in [6, 6.07) is 1.24. The van der Waals surface area contributed by atoms with Crippen LogP contribution in [0.5, 0.6) is 0 Å². The van der Waals surface area contributed by atoms with Crippen molar-refractivity contribution in [1.82, 2.24) is 24.7 Å². The van der Waals surface area contributed by atoms with Crippen LogP contribution >= 0.6 is 0 Å². The van der Waals surface area contributed by atoms with E-state index in [4.69, 9.17) is 15.6 Å². The highest BCUT2D eigenvalue weighted by Gasteiger charge is 2.43. The van der Waals surface area contributed by atoms with Crippen LogP contribution in [0.3, 0.4) is 0 Å². The van der Waals surface area contributed by atoms with Crippen molar-refractivity contribution in [3.8, 4) is 0 Å². The second-order valence-electron chi connectivity index (χ2n) is 4.94. The summed E-state index contributed by atoms with van der Waals surface area (Å²) in [5.74, 6) is -1.03. The van der Waals surface area contributed by atoms with Gasteiger partial charge >= 0.3 is 5.69 Å². The summed E-state index contributed by atoms with van der Waals surface area (Å²) in [6.07, 6.45) is -1.97. The molecule has 0 bridgehead atoms. The molecule has 1 saturated heterocycles. The number of amides is 1. The minimum absolute atomic E-state index is 0.220. The highest BCUT2D eigenvalue weighted by molar-refractivity contribution is 5.88. The first-order valence-electron chi connectivity index (χ1n) is 6.95. The van der Waals surface area contributed by atoms with Crippen molar-refractivity contribution >= 4 is 5.91 Å². The van der Waals surface area contributed by atoms with Crippen LogP contribution in [0.15, 0.2) is 28.2 Å². The van der Waals surface area contributed by atoms with Crippen LogP contribution in [0.4, 0.5) is 0 Å². The number of ether oxygens (including phenoxy) is 1. The smallest absolute Gasteiger partial charge is 0.325 e. The maximum absolute atomic E-state index is 10.8. The highest BCUT2D eigenvalue weighted by Crippen LogP contribution is 2.28. The zero-order valence-electron chi connectivity index (χ0n) is 12.6. The van der Waals surface area contributed by atoms with Crippen LogP contribution in [0.25, 0.3) is 0 Å². The predicted molar refractivity (Wildman–Crippen MR) is 79.2 cm³/mol. The van der Waals surface area contributed by atoms with E-state index in [2.05, 4.69) is 15.1 Å². The van der Waals surface area contributed by atoms with Gasteiger partial charge in [0.1, 0.15) is 24.6 Å². The third kappa shape index (κ3) is 4.36. The van der Waals surface area contributed by atoms with Crippen LogP contribution < -0.4 is 17.0 Å². The number of nitrogens with two attached hydrogens (primary N) is 1. The molecule has 3 heterocycles. The van der Waals surface area contributed by atoms with E-state index < -0.39 is 42.7 Å². The molecule has 0 radical (unpaired) electrons. The number of nitrogens with zero attached hydrogens (tertiary/aromatic N) is 3. The molecule has 4 atom stereocenters. The molecule has 0 saturated carbocycles. The van der Waals surface area contributed by atoms with Gasteiger partial charge in [-0.2, -0.15) is 0 Å². The Balaban J connectivity index is 0.000000236. The Morgan fingerprint density at radius 2 is 2.08 bits per heavy atom. The summed E-state index contributed by atoms with van der Waals surface area (Å²) in [5.41, 5.74) is 4.12. The maximum atomic E-state index is 10.8. The van der Waals surface area contributed by atoms with Crippen LogP contribution in [0.1, 0.15) is 16.8 Å². The van der Waals surface area contributed by atoms with Crippen LogP contribution in [0.2, 0.25) is 0 Å². The maximum Gasteiger partial charge on any atom is 0.325 e. The lowest BCUT2D eigenvalue weighted by Crippen LogP contribution is -2.33. The average Bonchev–Trinajstić information content (AvgIpc) is 3.14. The Kier molecular flexibility index (Phi) is 5.76. The topological polar surface area (TPSA) is 209 Å². The number of rotatable bonds is 3. The number of carbonyl (C=O) groups is 1. The van der Waals surface area contributed by atoms with Gasteiger partial charge in [-0.3, -0.25) is 14.6 Å². The Morgan fingerprint density at radius 1 is 1.36 bits per heavy atom. The summed E-state index contributed by atoms with van der Waals surface area (Å²) in [5, 5.41) is 31.8. The molecule has 1 fully saturated rings. The normalized spacial score (nSPS) is 25.2. The number of carbonyl (C=O) groups excluding carboxylic acids is 1. The van der Waals surface area contributed by atoms with Crippen molar-refractivity contribution in [2.24, 2.45) is 5.73 Å². The van der Waals surface area contributed by atoms with Crippen molar-refractivity contribution in [3.63, 3.8) is 0 Å². The monoisotopic (exact) mass is 356 g/mol. The number of primary amides is 1. The van der Waals surface area contributed by atoms with Gasteiger partial charge in [-0.1, -0.05) is 0 Å². The third-order valence-corrected chi connectivity index (χ3v) is 3.19. The summed E-state index contributed by atoms with van der Waals surface area (Å²) in [6.45, 7) is -0.438. The molecule has 3 rings (SSSR count). The van der Waals surface area contributed by atoms with Crippen LogP contribution in [-0.4, -0.2) is 70.9 Å². The van der Waals surface area contributed by atoms with Gasteiger partial charge in [-0.25, -0.2) is 14.5 Å². The van der Waals surface area contributed by atoms with Crippen molar-refractivity contribution in [1.29, 1.82) is 0 Å². The van der Waals surface area contributed by atoms with E-state index in [-0.39, 0.29) is 11.4 Å². The quantitative estimate of drug-likeness (QED) is 0.316. The molecular weight excluding hydrogens is 340 g/mol. The van der Waals surface area contributed by atoms with Gasteiger partial charge in [0.25, 0.3) is 11.5 Å². The van der Waals surface area contributed by atoms with Gasteiger partial charge < -0.3 is 30.8 Å². The highest BCUT2D eigenvalue weighted by atomic mass is 16.6. The largest absolute Gasteiger partial charge is 0.394 e. The molecule has 7 N–H and O–H groups in total. The predicted octanol–water partition coefficient (Wildman–Crippen LogP) is -3.95. The molecule has 0 unspecified atom stereocenters. The minimum Gasteiger partial charge on any atom is -0.394 e. The van der Waals surface area contributed by atoms with Crippen molar-refractivity contribution in [3.05, 3.63) is 45.3 Å². The number of hydrogen-bond donors (Lipinski definition) is 6. The second kappa shape index (κ2) is 7.80. The molecule has 0 aromatic carbocycles. The van der Waals surface area contributed by atoms with Gasteiger partial charge in [-0.05, 0) is 0 Å². The molecule has 25 heavy (non-hydrogen) atoms. The number of aliphatic hydroxyl groups is 3. The lowest BCUT2D eigenvalue weighted by atomic mass is 10.1. The number of H-pyrrole nitrogens is 2. The van der Waals surface area contributed by atoms with E-state index in [0.29, 0.717) is 0 Å². The van der Waals surface area contributed by atoms with Crippen LogP contribution in [-0.2, 0) is 4.74 Å². The lowest BCUT2D eigenvalue weighted by molar-refractivity contribution is -0.0588. The fourth-order valence-corrected chi connectivity index (χ4v) is 1.99. The van der Waals surface area contributed by atoms with Gasteiger partial charge in [0.05, 0.1) is 6.61 Å². The van der Waals surface area contributed by atoms with Crippen LogP contribution in [0, 0.1) is 0 Å². The fraction of sp³-hybridized carbons (Fsp3) is 0.417. The van der Waals surface area contributed by atoms with Gasteiger partial charge in [0.2, 0.25) is 5.82 Å². The summed E-state index contributed by atoms with van der Waals surface area (Å²) in [7, 11) is 0. The standard InChI is InChI=1S/C8H12N4O5.C4H4N2O2/c9-6(16)7-10-2-12(11-7)8-5(15)4(14)3(1-13)17-8;7-3-1-2-5-4(8)6-3/h2-5,8,13-15H,1H2,(H2,9,16);1-2H,(H2,5,6,7,8)/t3-,4-,5-,8-;/m1./s1. The first-order chi connectivity index (χ1) is 11.8. The molecule has 13 nitrogen and oxygen atoms in total. The Labute approximate surface area is 138 Å². The van der Waals surface area contributed by atoms with Gasteiger partial charge in [0, 0.05) is 12.3 Å². The number of aromatic amines is 2. The Hall–Kier alpha value is -2.87. The van der Waals surface area contributed by atoms with E-state index in [1.807, 2.05) is 4.98 Å². The van der Waals surface area contributed by atoms with Crippen molar-refractivity contribution in [2.75, 3.05) is 6.61 Å². The number of aliphatic hydroxyl groups excluding tert-OH is 3. The molecule has 1 amide bonds. The molecule has 13 heteroatoms. The number of hydrogen-bond acceptors (Lipinski definition) is 9. The summed E-state index contributed by atoms with van der Waals surface area (Å²) >= 11 is 0. The van der Waals surface area contributed by atoms with Crippen molar-refractivity contribution < 1.29 is 24.9 Å². The summed E-state index contributed by atoms with van der Waals surface area (Å²) < 4.78 is 6.25. The van der Waals surface area contributed by atoms with E-state index in [1.54, 1.807) is 0 Å². The molecule has 1 aliphatic heterocycles. The molecule has 2 aromatic rings. The number of nitrogens with one attached hydrogen (secondary N) is 2.